The molecule has 0 radical (unpaired) electrons. The van der Waals surface area contributed by atoms with Crippen LogP contribution in [0.15, 0.2) is 12.2 Å². The molecule has 0 aromatic heterocycles. The highest BCUT2D eigenvalue weighted by molar-refractivity contribution is 5.22. The molecule has 0 heteroatoms. The minimum absolute atomic E-state index is 0.842. The molecular weight excluding hydrogens is 144 g/mol. The molecule has 4 atom stereocenters. The summed E-state index contributed by atoms with van der Waals surface area (Å²) in [7, 11) is 0. The van der Waals surface area contributed by atoms with Crippen molar-refractivity contribution in [1.82, 2.24) is 0 Å². The molecule has 0 nitrogen and oxygen atoms in total. The Labute approximate surface area is 76.1 Å². The molecule has 0 aromatic carbocycles. The minimum Gasteiger partial charge on any atom is -0.0917 e. The fourth-order valence-corrected chi connectivity index (χ4v) is 3.47. The van der Waals surface area contributed by atoms with E-state index in [1.807, 2.05) is 0 Å². The molecule has 0 heterocycles. The lowest BCUT2D eigenvalue weighted by atomic mass is 10.1. The third kappa shape index (κ3) is 0.901. The van der Waals surface area contributed by atoms with Gasteiger partial charge in [0.2, 0.25) is 0 Å². The van der Waals surface area contributed by atoms with Gasteiger partial charge >= 0.3 is 0 Å². The SMILES string of the molecule is CC=CCC1CC12C(C)C2CC. The molecule has 2 aliphatic rings. The van der Waals surface area contributed by atoms with Crippen molar-refractivity contribution in [1.29, 1.82) is 0 Å². The van der Waals surface area contributed by atoms with E-state index in [4.69, 9.17) is 0 Å². The summed E-state index contributed by atoms with van der Waals surface area (Å²) in [5.74, 6) is 3.17. The van der Waals surface area contributed by atoms with Gasteiger partial charge in [0.1, 0.15) is 0 Å². The van der Waals surface area contributed by atoms with Crippen LogP contribution >= 0.6 is 0 Å². The lowest BCUT2D eigenvalue weighted by Gasteiger charge is -1.91. The molecule has 1 spiro atoms. The van der Waals surface area contributed by atoms with Gasteiger partial charge in [0, 0.05) is 0 Å². The van der Waals surface area contributed by atoms with Gasteiger partial charge in [-0.2, -0.15) is 0 Å². The molecule has 0 bridgehead atoms. The first kappa shape index (κ1) is 8.34. The average molecular weight is 164 g/mol. The van der Waals surface area contributed by atoms with Crippen LogP contribution < -0.4 is 0 Å². The van der Waals surface area contributed by atoms with Crippen LogP contribution in [-0.2, 0) is 0 Å². The Hall–Kier alpha value is -0.260. The summed E-state index contributed by atoms with van der Waals surface area (Å²) >= 11 is 0. The van der Waals surface area contributed by atoms with Crippen molar-refractivity contribution >= 4 is 0 Å². The third-order valence-electron chi connectivity index (χ3n) is 4.33. The van der Waals surface area contributed by atoms with Gasteiger partial charge in [0.05, 0.1) is 0 Å². The molecule has 0 aromatic rings. The van der Waals surface area contributed by atoms with Gasteiger partial charge < -0.3 is 0 Å². The monoisotopic (exact) mass is 164 g/mol. The zero-order chi connectivity index (χ0) is 8.77. The number of rotatable bonds is 3. The molecule has 0 aliphatic heterocycles. The van der Waals surface area contributed by atoms with E-state index in [9.17, 15) is 0 Å². The Bertz CT molecular complexity index is 204. The van der Waals surface area contributed by atoms with Gasteiger partial charge in [-0.15, -0.1) is 0 Å². The van der Waals surface area contributed by atoms with E-state index in [-0.39, 0.29) is 0 Å². The van der Waals surface area contributed by atoms with Gasteiger partial charge in [-0.05, 0) is 42.9 Å². The Morgan fingerprint density at radius 2 is 2.25 bits per heavy atom. The van der Waals surface area contributed by atoms with E-state index < -0.39 is 0 Å². The van der Waals surface area contributed by atoms with Crippen molar-refractivity contribution in [3.8, 4) is 0 Å². The van der Waals surface area contributed by atoms with Crippen LogP contribution in [-0.4, -0.2) is 0 Å². The second kappa shape index (κ2) is 2.61. The highest BCUT2D eigenvalue weighted by Gasteiger charge is 2.73. The highest BCUT2D eigenvalue weighted by atomic mass is 14.8. The van der Waals surface area contributed by atoms with E-state index in [0.717, 1.165) is 23.2 Å². The standard InChI is InChI=1S/C12H20/c1-4-6-7-10-8-12(10)9(3)11(12)5-2/h4,6,9-11H,5,7-8H2,1-3H3. The summed E-state index contributed by atoms with van der Waals surface area (Å²) in [6, 6.07) is 0. The Balaban J connectivity index is 1.87. The van der Waals surface area contributed by atoms with Crippen LogP contribution in [0.2, 0.25) is 0 Å². The first-order valence-corrected chi connectivity index (χ1v) is 5.38. The van der Waals surface area contributed by atoms with Crippen LogP contribution in [0.25, 0.3) is 0 Å². The number of hydrogen-bond acceptors (Lipinski definition) is 0. The fraction of sp³-hybridized carbons (Fsp3) is 0.833. The third-order valence-corrected chi connectivity index (χ3v) is 4.33. The molecule has 0 N–H and O–H groups in total. The summed E-state index contributed by atoms with van der Waals surface area (Å²) < 4.78 is 0. The Morgan fingerprint density at radius 1 is 1.50 bits per heavy atom. The summed E-state index contributed by atoms with van der Waals surface area (Å²) in [5, 5.41) is 0. The molecule has 0 saturated heterocycles. The molecule has 68 valence electrons. The number of allylic oxidation sites excluding steroid dienone is 2. The van der Waals surface area contributed by atoms with Gasteiger partial charge in [0.15, 0.2) is 0 Å². The number of hydrogen-bond donors (Lipinski definition) is 0. The molecular formula is C12H20. The minimum atomic E-state index is 0.842. The van der Waals surface area contributed by atoms with Gasteiger partial charge in [-0.3, -0.25) is 0 Å². The Kier molecular flexibility index (Phi) is 1.82. The van der Waals surface area contributed by atoms with Crippen molar-refractivity contribution in [2.75, 3.05) is 0 Å². The highest BCUT2D eigenvalue weighted by Crippen LogP contribution is 2.80. The first-order chi connectivity index (χ1) is 5.77. The van der Waals surface area contributed by atoms with Crippen LogP contribution in [0, 0.1) is 23.2 Å². The van der Waals surface area contributed by atoms with E-state index >= 15 is 0 Å². The van der Waals surface area contributed by atoms with Crippen molar-refractivity contribution in [3.63, 3.8) is 0 Å². The largest absolute Gasteiger partial charge is 0.0917 e. The van der Waals surface area contributed by atoms with Crippen LogP contribution in [0.5, 0.6) is 0 Å². The Morgan fingerprint density at radius 3 is 2.75 bits per heavy atom. The predicted octanol–water partition coefficient (Wildman–Crippen LogP) is 3.63. The quantitative estimate of drug-likeness (QED) is 0.559. The molecule has 2 saturated carbocycles. The lowest BCUT2D eigenvalue weighted by Crippen LogP contribution is -1.83. The summed E-state index contributed by atoms with van der Waals surface area (Å²) in [6.07, 6.45) is 8.82. The molecule has 2 aliphatic carbocycles. The topological polar surface area (TPSA) is 0 Å². The molecule has 12 heavy (non-hydrogen) atoms. The average Bonchev–Trinajstić information content (AvgIpc) is 2.90. The van der Waals surface area contributed by atoms with Crippen molar-refractivity contribution < 1.29 is 0 Å². The zero-order valence-corrected chi connectivity index (χ0v) is 8.51. The van der Waals surface area contributed by atoms with E-state index in [1.54, 1.807) is 0 Å². The first-order valence-electron chi connectivity index (χ1n) is 5.38. The normalized spacial score (nSPS) is 50.4. The second-order valence-corrected chi connectivity index (χ2v) is 4.62. The van der Waals surface area contributed by atoms with Gasteiger partial charge in [-0.1, -0.05) is 32.4 Å². The maximum Gasteiger partial charge on any atom is -0.0204 e. The lowest BCUT2D eigenvalue weighted by molar-refractivity contribution is 0.615. The predicted molar refractivity (Wildman–Crippen MR) is 52.9 cm³/mol. The van der Waals surface area contributed by atoms with E-state index in [1.165, 1.54) is 19.3 Å². The van der Waals surface area contributed by atoms with Gasteiger partial charge in [-0.25, -0.2) is 0 Å². The molecule has 2 rings (SSSR count). The van der Waals surface area contributed by atoms with Crippen molar-refractivity contribution in [3.05, 3.63) is 12.2 Å². The fourth-order valence-electron chi connectivity index (χ4n) is 3.47. The second-order valence-electron chi connectivity index (χ2n) is 4.62. The van der Waals surface area contributed by atoms with Crippen LogP contribution in [0.1, 0.15) is 40.0 Å². The summed E-state index contributed by atoms with van der Waals surface area (Å²) in [4.78, 5) is 0. The summed E-state index contributed by atoms with van der Waals surface area (Å²) in [5.41, 5.74) is 0.842. The van der Waals surface area contributed by atoms with Crippen molar-refractivity contribution in [2.45, 2.75) is 40.0 Å². The van der Waals surface area contributed by atoms with Crippen LogP contribution in [0.4, 0.5) is 0 Å². The zero-order valence-electron chi connectivity index (χ0n) is 8.51. The maximum absolute atomic E-state index is 2.45. The maximum atomic E-state index is 2.45. The smallest absolute Gasteiger partial charge is 0.0204 e. The molecule has 2 fully saturated rings. The summed E-state index contributed by atoms with van der Waals surface area (Å²) in [6.45, 7) is 6.92. The van der Waals surface area contributed by atoms with Crippen molar-refractivity contribution in [2.24, 2.45) is 23.2 Å². The molecule has 4 unspecified atom stereocenters. The van der Waals surface area contributed by atoms with Crippen LogP contribution in [0.3, 0.4) is 0 Å². The molecule has 0 amide bonds. The van der Waals surface area contributed by atoms with Gasteiger partial charge in [0.25, 0.3) is 0 Å². The van der Waals surface area contributed by atoms with E-state index in [0.29, 0.717) is 0 Å². The van der Waals surface area contributed by atoms with E-state index in [2.05, 4.69) is 32.9 Å².